The summed E-state index contributed by atoms with van der Waals surface area (Å²) in [6.07, 6.45) is 8.39. The Morgan fingerprint density at radius 3 is 2.36 bits per heavy atom. The summed E-state index contributed by atoms with van der Waals surface area (Å²) in [6, 6.07) is 16.8. The molecule has 126 valence electrons. The van der Waals surface area contributed by atoms with Gasteiger partial charge in [-0.15, -0.1) is 0 Å². The van der Waals surface area contributed by atoms with Crippen LogP contribution in [0.2, 0.25) is 0 Å². The Kier molecular flexibility index (Phi) is 3.54. The molecular formula is C21H21N2O2+. The third-order valence-corrected chi connectivity index (χ3v) is 5.31. The van der Waals surface area contributed by atoms with Crippen LogP contribution in [0.5, 0.6) is 11.5 Å². The zero-order valence-corrected chi connectivity index (χ0v) is 14.0. The average Bonchev–Trinajstić information content (AvgIpc) is 2.73. The standard InChI is InChI=1S/C21H21N2O2/c1-5-11-19-15(7-1)13-22-17-9-3-4-10-18(17)23-14-16-8-2-6-12-20(16)25-21(23)24-19/h1-2,5-8,11-14,17-18,21H,3-4,9-10H2/q+1. The molecular weight excluding hydrogens is 312 g/mol. The van der Waals surface area contributed by atoms with Crippen LogP contribution in [0.25, 0.3) is 0 Å². The molecule has 3 aliphatic rings. The molecule has 0 bridgehead atoms. The van der Waals surface area contributed by atoms with E-state index in [2.05, 4.69) is 16.9 Å². The van der Waals surface area contributed by atoms with E-state index in [9.17, 15) is 0 Å². The summed E-state index contributed by atoms with van der Waals surface area (Å²) in [4.78, 5) is 4.93. The molecule has 3 unspecified atom stereocenters. The predicted molar refractivity (Wildman–Crippen MR) is 97.0 cm³/mol. The van der Waals surface area contributed by atoms with Gasteiger partial charge in [-0.25, -0.2) is 0 Å². The Morgan fingerprint density at radius 2 is 1.52 bits per heavy atom. The first-order valence-electron chi connectivity index (χ1n) is 9.05. The molecule has 0 saturated heterocycles. The van der Waals surface area contributed by atoms with Crippen molar-refractivity contribution in [3.05, 3.63) is 59.7 Å². The number of nitrogens with zero attached hydrogens (tertiary/aromatic N) is 2. The number of ether oxygens (including phenoxy) is 2. The van der Waals surface area contributed by atoms with Crippen molar-refractivity contribution >= 4 is 12.4 Å². The summed E-state index contributed by atoms with van der Waals surface area (Å²) in [6.45, 7) is 0. The molecule has 0 radical (unpaired) electrons. The van der Waals surface area contributed by atoms with Gasteiger partial charge in [0.2, 0.25) is 0 Å². The van der Waals surface area contributed by atoms with Crippen LogP contribution in [-0.4, -0.2) is 35.5 Å². The van der Waals surface area contributed by atoms with Crippen molar-refractivity contribution in [3.8, 4) is 11.5 Å². The lowest BCUT2D eigenvalue weighted by molar-refractivity contribution is -0.671. The molecule has 1 aliphatic carbocycles. The van der Waals surface area contributed by atoms with Gasteiger partial charge in [-0.2, -0.15) is 4.58 Å². The molecule has 2 aromatic rings. The highest BCUT2D eigenvalue weighted by atomic mass is 16.7. The van der Waals surface area contributed by atoms with Crippen molar-refractivity contribution in [2.45, 2.75) is 44.2 Å². The number of rotatable bonds is 0. The number of hydrogen-bond donors (Lipinski definition) is 0. The van der Waals surface area contributed by atoms with Gasteiger partial charge in [-0.05, 0) is 37.1 Å². The van der Waals surface area contributed by atoms with E-state index >= 15 is 0 Å². The molecule has 0 spiro atoms. The minimum Gasteiger partial charge on any atom is -0.401 e. The van der Waals surface area contributed by atoms with Gasteiger partial charge in [0.05, 0.1) is 5.56 Å². The van der Waals surface area contributed by atoms with Gasteiger partial charge in [-0.3, -0.25) is 4.99 Å². The molecule has 4 heteroatoms. The third kappa shape index (κ3) is 2.62. The minimum atomic E-state index is -0.455. The fourth-order valence-electron chi connectivity index (χ4n) is 4.01. The molecule has 3 atom stereocenters. The molecule has 0 N–H and O–H groups in total. The van der Waals surface area contributed by atoms with E-state index in [-0.39, 0.29) is 6.04 Å². The van der Waals surface area contributed by atoms with Crippen LogP contribution in [0.3, 0.4) is 0 Å². The number of benzene rings is 2. The lowest BCUT2D eigenvalue weighted by atomic mass is 9.90. The first-order valence-corrected chi connectivity index (χ1v) is 9.05. The molecule has 5 rings (SSSR count). The van der Waals surface area contributed by atoms with E-state index in [4.69, 9.17) is 14.5 Å². The van der Waals surface area contributed by atoms with Gasteiger partial charge >= 0.3 is 6.41 Å². The molecule has 1 saturated carbocycles. The molecule has 2 heterocycles. The quantitative estimate of drug-likeness (QED) is 0.690. The second-order valence-electron chi connectivity index (χ2n) is 6.89. The van der Waals surface area contributed by atoms with Crippen molar-refractivity contribution in [2.24, 2.45) is 4.99 Å². The largest absolute Gasteiger partial charge is 0.463 e. The van der Waals surface area contributed by atoms with Crippen molar-refractivity contribution in [2.75, 3.05) is 0 Å². The van der Waals surface area contributed by atoms with Crippen molar-refractivity contribution in [3.63, 3.8) is 0 Å². The molecule has 4 nitrogen and oxygen atoms in total. The number of hydrogen-bond acceptors (Lipinski definition) is 3. The van der Waals surface area contributed by atoms with Crippen molar-refractivity contribution in [1.29, 1.82) is 0 Å². The molecule has 0 amide bonds. The first kappa shape index (κ1) is 14.7. The monoisotopic (exact) mass is 333 g/mol. The van der Waals surface area contributed by atoms with Gasteiger partial charge in [0.15, 0.2) is 12.3 Å². The molecule has 0 aromatic heterocycles. The Morgan fingerprint density at radius 1 is 0.840 bits per heavy atom. The Bertz CT molecular complexity index is 858. The van der Waals surface area contributed by atoms with Gasteiger partial charge in [-0.1, -0.05) is 30.7 Å². The smallest absolute Gasteiger partial charge is 0.401 e. The van der Waals surface area contributed by atoms with Crippen LogP contribution in [0.4, 0.5) is 0 Å². The maximum Gasteiger partial charge on any atom is 0.463 e. The molecule has 2 aliphatic heterocycles. The SMILES string of the molecule is C1=NC2CCCCC2[N+]2=Cc3ccccc3OC2Oc2ccccc21. The van der Waals surface area contributed by atoms with Crippen LogP contribution in [-0.2, 0) is 0 Å². The maximum absolute atomic E-state index is 6.31. The van der Waals surface area contributed by atoms with E-state index < -0.39 is 6.41 Å². The van der Waals surface area contributed by atoms with Crippen LogP contribution in [0, 0.1) is 0 Å². The Balaban J connectivity index is 1.65. The maximum atomic E-state index is 6.31. The summed E-state index contributed by atoms with van der Waals surface area (Å²) >= 11 is 0. The highest BCUT2D eigenvalue weighted by Gasteiger charge is 2.42. The zero-order chi connectivity index (χ0) is 16.6. The van der Waals surface area contributed by atoms with Crippen LogP contribution in [0.1, 0.15) is 36.8 Å². The van der Waals surface area contributed by atoms with Crippen LogP contribution >= 0.6 is 0 Å². The van der Waals surface area contributed by atoms with Gasteiger partial charge in [0.1, 0.15) is 17.5 Å². The zero-order valence-electron chi connectivity index (χ0n) is 14.0. The fraction of sp³-hybridized carbons (Fsp3) is 0.333. The van der Waals surface area contributed by atoms with E-state index in [1.54, 1.807) is 0 Å². The summed E-state index contributed by atoms with van der Waals surface area (Å²) < 4.78 is 14.8. The summed E-state index contributed by atoms with van der Waals surface area (Å²) in [5.74, 6) is 1.68. The number of aliphatic imine (C=N–C) groups is 1. The summed E-state index contributed by atoms with van der Waals surface area (Å²) in [5.41, 5.74) is 2.11. The van der Waals surface area contributed by atoms with Gasteiger partial charge < -0.3 is 9.47 Å². The van der Waals surface area contributed by atoms with Crippen LogP contribution in [0.15, 0.2) is 53.5 Å². The van der Waals surface area contributed by atoms with E-state index in [1.807, 2.05) is 48.7 Å². The lowest BCUT2D eigenvalue weighted by Gasteiger charge is -2.31. The summed E-state index contributed by atoms with van der Waals surface area (Å²) in [5, 5.41) is 0. The highest BCUT2D eigenvalue weighted by Crippen LogP contribution is 2.32. The molecule has 25 heavy (non-hydrogen) atoms. The molecule has 1 fully saturated rings. The second-order valence-corrected chi connectivity index (χ2v) is 6.89. The topological polar surface area (TPSA) is 33.8 Å². The van der Waals surface area contributed by atoms with Gasteiger partial charge in [0, 0.05) is 18.2 Å². The number of para-hydroxylation sites is 2. The van der Waals surface area contributed by atoms with Crippen molar-refractivity contribution in [1.82, 2.24) is 0 Å². The highest BCUT2D eigenvalue weighted by molar-refractivity contribution is 5.84. The Hall–Kier alpha value is -2.62. The van der Waals surface area contributed by atoms with E-state index in [0.29, 0.717) is 6.04 Å². The number of fused-ring (bicyclic) bond motifs is 5. The minimum absolute atomic E-state index is 0.274. The van der Waals surface area contributed by atoms with Gasteiger partial charge in [0.25, 0.3) is 0 Å². The fourth-order valence-corrected chi connectivity index (χ4v) is 4.01. The Labute approximate surface area is 147 Å². The van der Waals surface area contributed by atoms with Crippen molar-refractivity contribution < 1.29 is 14.0 Å². The average molecular weight is 333 g/mol. The normalized spacial score (nSPS) is 26.9. The third-order valence-electron chi connectivity index (χ3n) is 5.31. The molecule has 2 aromatic carbocycles. The summed E-state index contributed by atoms with van der Waals surface area (Å²) in [7, 11) is 0. The van der Waals surface area contributed by atoms with Crippen LogP contribution < -0.4 is 9.47 Å². The second kappa shape index (κ2) is 6.03. The lowest BCUT2D eigenvalue weighted by Crippen LogP contribution is -2.50. The van der Waals surface area contributed by atoms with E-state index in [0.717, 1.165) is 35.5 Å². The first-order chi connectivity index (χ1) is 12.4. The van der Waals surface area contributed by atoms with E-state index in [1.165, 1.54) is 12.8 Å². The predicted octanol–water partition coefficient (Wildman–Crippen LogP) is 3.62.